The highest BCUT2D eigenvalue weighted by Crippen LogP contribution is 2.08. The second-order valence-electron chi connectivity index (χ2n) is 4.53. The van der Waals surface area contributed by atoms with E-state index in [0.29, 0.717) is 6.42 Å². The fourth-order valence-corrected chi connectivity index (χ4v) is 2.57. The smallest absolute Gasteiger partial charge is 0.211 e. The summed E-state index contributed by atoms with van der Waals surface area (Å²) in [5.41, 5.74) is 0.960. The van der Waals surface area contributed by atoms with Gasteiger partial charge >= 0.3 is 0 Å². The van der Waals surface area contributed by atoms with E-state index >= 15 is 0 Å². The number of alkyl halides is 1. The quantitative estimate of drug-likeness (QED) is 0.779. The molecule has 0 aliphatic heterocycles. The van der Waals surface area contributed by atoms with Gasteiger partial charge in [0.1, 0.15) is 0 Å². The molecule has 0 aliphatic rings. The molecule has 0 radical (unpaired) electrons. The second kappa shape index (κ2) is 7.07. The summed E-state index contributed by atoms with van der Waals surface area (Å²) >= 11 is 6.00. The van der Waals surface area contributed by atoms with Gasteiger partial charge in [0.25, 0.3) is 0 Å². The zero-order valence-corrected chi connectivity index (χ0v) is 12.2. The molecule has 1 atom stereocenters. The molecule has 0 aliphatic carbocycles. The summed E-state index contributed by atoms with van der Waals surface area (Å²) in [5, 5.41) is -0.180. The fourth-order valence-electron chi connectivity index (χ4n) is 1.32. The topological polar surface area (TPSA) is 59.1 Å². The van der Waals surface area contributed by atoms with Gasteiger partial charge in [-0.2, -0.15) is 0 Å². The lowest BCUT2D eigenvalue weighted by molar-refractivity contribution is 0.556. The maximum Gasteiger partial charge on any atom is 0.211 e. The number of hydrogen-bond donors (Lipinski definition) is 1. The Morgan fingerprint density at radius 1 is 1.33 bits per heavy atom. The van der Waals surface area contributed by atoms with E-state index in [4.69, 9.17) is 11.6 Å². The Morgan fingerprint density at radius 2 is 1.94 bits per heavy atom. The maximum absolute atomic E-state index is 11.7. The van der Waals surface area contributed by atoms with Gasteiger partial charge in [0.2, 0.25) is 10.0 Å². The summed E-state index contributed by atoms with van der Waals surface area (Å²) in [6.45, 7) is 4.20. The van der Waals surface area contributed by atoms with E-state index in [0.717, 1.165) is 5.56 Å². The summed E-state index contributed by atoms with van der Waals surface area (Å²) < 4.78 is 26.0. The zero-order valence-electron chi connectivity index (χ0n) is 10.6. The van der Waals surface area contributed by atoms with E-state index in [1.807, 2.05) is 26.0 Å². The minimum atomic E-state index is -3.26. The van der Waals surface area contributed by atoms with Crippen molar-refractivity contribution < 1.29 is 8.42 Å². The molecule has 18 heavy (non-hydrogen) atoms. The van der Waals surface area contributed by atoms with Crippen LogP contribution >= 0.6 is 11.6 Å². The summed E-state index contributed by atoms with van der Waals surface area (Å²) in [6, 6.07) is 3.63. The van der Waals surface area contributed by atoms with Crippen molar-refractivity contribution in [2.45, 2.75) is 25.6 Å². The standard InChI is InChI=1S/C12H19ClN2O2S/c1-10(2)12(13)9-15-18(16,17)8-5-11-3-6-14-7-4-11/h3-4,6-7,10,12,15H,5,8-9H2,1-2H3. The van der Waals surface area contributed by atoms with Crippen LogP contribution in [0.4, 0.5) is 0 Å². The average molecular weight is 291 g/mol. The SMILES string of the molecule is CC(C)C(Cl)CNS(=O)(=O)CCc1ccncc1. The minimum absolute atomic E-state index is 0.0682. The third-order valence-corrected chi connectivity index (χ3v) is 4.64. The number of hydrogen-bond acceptors (Lipinski definition) is 3. The fraction of sp³-hybridized carbons (Fsp3) is 0.583. The number of nitrogens with one attached hydrogen (secondary N) is 1. The molecule has 0 amide bonds. The van der Waals surface area contributed by atoms with Gasteiger partial charge in [0, 0.05) is 24.3 Å². The number of nitrogens with zero attached hydrogens (tertiary/aromatic N) is 1. The summed E-state index contributed by atoms with van der Waals surface area (Å²) in [5.74, 6) is 0.313. The molecule has 102 valence electrons. The van der Waals surface area contributed by atoms with Crippen LogP contribution in [0.25, 0.3) is 0 Å². The van der Waals surface area contributed by atoms with Crippen molar-refractivity contribution in [2.24, 2.45) is 5.92 Å². The van der Waals surface area contributed by atoms with Crippen molar-refractivity contribution in [1.29, 1.82) is 0 Å². The Balaban J connectivity index is 2.41. The molecule has 6 heteroatoms. The number of halogens is 1. The molecule has 0 aromatic carbocycles. The highest BCUT2D eigenvalue weighted by atomic mass is 35.5. The first-order chi connectivity index (χ1) is 8.41. The Morgan fingerprint density at radius 3 is 2.50 bits per heavy atom. The van der Waals surface area contributed by atoms with Crippen LogP contribution in [0, 0.1) is 5.92 Å². The van der Waals surface area contributed by atoms with Crippen LogP contribution in [-0.4, -0.2) is 31.1 Å². The van der Waals surface area contributed by atoms with E-state index in [1.165, 1.54) is 0 Å². The normalized spacial score (nSPS) is 13.8. The van der Waals surface area contributed by atoms with E-state index in [-0.39, 0.29) is 23.6 Å². The monoisotopic (exact) mass is 290 g/mol. The molecule has 1 rings (SSSR count). The molecular weight excluding hydrogens is 272 g/mol. The highest BCUT2D eigenvalue weighted by Gasteiger charge is 2.15. The maximum atomic E-state index is 11.7. The van der Waals surface area contributed by atoms with Crippen LogP contribution in [0.2, 0.25) is 0 Å². The first kappa shape index (κ1) is 15.4. The van der Waals surface area contributed by atoms with E-state index in [2.05, 4.69) is 9.71 Å². The lowest BCUT2D eigenvalue weighted by Crippen LogP contribution is -2.34. The lowest BCUT2D eigenvalue weighted by Gasteiger charge is -2.14. The third kappa shape index (κ3) is 5.80. The minimum Gasteiger partial charge on any atom is -0.265 e. The summed E-state index contributed by atoms with van der Waals surface area (Å²) in [6.07, 6.45) is 3.79. The average Bonchev–Trinajstić information content (AvgIpc) is 2.35. The van der Waals surface area contributed by atoms with E-state index in [1.54, 1.807) is 12.4 Å². The van der Waals surface area contributed by atoms with Gasteiger partial charge in [-0.05, 0) is 30.0 Å². The zero-order chi connectivity index (χ0) is 13.6. The van der Waals surface area contributed by atoms with Crippen LogP contribution in [0.3, 0.4) is 0 Å². The van der Waals surface area contributed by atoms with Crippen LogP contribution in [0.5, 0.6) is 0 Å². The molecule has 0 fully saturated rings. The van der Waals surface area contributed by atoms with Gasteiger partial charge in [-0.15, -0.1) is 11.6 Å². The van der Waals surface area contributed by atoms with Gasteiger partial charge in [-0.1, -0.05) is 13.8 Å². The second-order valence-corrected chi connectivity index (χ2v) is 7.02. The molecule has 4 nitrogen and oxygen atoms in total. The number of pyridine rings is 1. The molecule has 1 aromatic heterocycles. The molecule has 0 saturated carbocycles. The molecule has 0 bridgehead atoms. The number of aromatic nitrogens is 1. The van der Waals surface area contributed by atoms with Gasteiger partial charge in [-0.3, -0.25) is 4.98 Å². The predicted molar refractivity (Wildman–Crippen MR) is 74.2 cm³/mol. The molecule has 1 unspecified atom stereocenters. The molecule has 1 heterocycles. The molecule has 0 spiro atoms. The molecule has 0 saturated heterocycles. The number of sulfonamides is 1. The van der Waals surface area contributed by atoms with Crippen molar-refractivity contribution in [1.82, 2.24) is 9.71 Å². The van der Waals surface area contributed by atoms with Gasteiger partial charge in [0.05, 0.1) is 5.75 Å². The highest BCUT2D eigenvalue weighted by molar-refractivity contribution is 7.89. The largest absolute Gasteiger partial charge is 0.265 e. The van der Waals surface area contributed by atoms with E-state index in [9.17, 15) is 8.42 Å². The first-order valence-corrected chi connectivity index (χ1v) is 8.00. The summed E-state index contributed by atoms with van der Waals surface area (Å²) in [4.78, 5) is 3.89. The number of rotatable bonds is 7. The first-order valence-electron chi connectivity index (χ1n) is 5.91. The molecule has 1 aromatic rings. The van der Waals surface area contributed by atoms with Gasteiger partial charge < -0.3 is 0 Å². The number of aryl methyl sites for hydroxylation is 1. The van der Waals surface area contributed by atoms with Crippen LogP contribution < -0.4 is 4.72 Å². The Hall–Kier alpha value is -0.650. The van der Waals surface area contributed by atoms with Crippen LogP contribution in [0.15, 0.2) is 24.5 Å². The lowest BCUT2D eigenvalue weighted by atomic mass is 10.1. The molecular formula is C12H19ClN2O2S. The van der Waals surface area contributed by atoms with Crippen molar-refractivity contribution in [3.63, 3.8) is 0 Å². The van der Waals surface area contributed by atoms with Crippen molar-refractivity contribution in [3.05, 3.63) is 30.1 Å². The Bertz CT molecular complexity index is 448. The predicted octanol–water partition coefficient (Wildman–Crippen LogP) is 1.81. The van der Waals surface area contributed by atoms with Crippen molar-refractivity contribution >= 4 is 21.6 Å². The van der Waals surface area contributed by atoms with Crippen LogP contribution in [-0.2, 0) is 16.4 Å². The molecule has 1 N–H and O–H groups in total. The van der Waals surface area contributed by atoms with Gasteiger partial charge in [0.15, 0.2) is 0 Å². The third-order valence-electron chi connectivity index (χ3n) is 2.63. The summed E-state index contributed by atoms with van der Waals surface area (Å²) in [7, 11) is -3.26. The Labute approximate surface area is 114 Å². The Kier molecular flexibility index (Phi) is 6.05. The van der Waals surface area contributed by atoms with Crippen molar-refractivity contribution in [3.8, 4) is 0 Å². The van der Waals surface area contributed by atoms with Crippen molar-refractivity contribution in [2.75, 3.05) is 12.3 Å². The van der Waals surface area contributed by atoms with Crippen LogP contribution in [0.1, 0.15) is 19.4 Å². The van der Waals surface area contributed by atoms with E-state index < -0.39 is 10.0 Å². The van der Waals surface area contributed by atoms with Gasteiger partial charge in [-0.25, -0.2) is 13.1 Å².